The van der Waals surface area contributed by atoms with E-state index in [1.165, 1.54) is 0 Å². The maximum Gasteiger partial charge on any atom is 0.228 e. The van der Waals surface area contributed by atoms with Crippen LogP contribution in [0.15, 0.2) is 82.6 Å². The maximum absolute atomic E-state index is 13.9. The molecule has 6 heteroatoms. The number of benzene rings is 2. The molecule has 186 valence electrons. The van der Waals surface area contributed by atoms with Gasteiger partial charge in [-0.2, -0.15) is 0 Å². The zero-order valence-electron chi connectivity index (χ0n) is 20.8. The lowest BCUT2D eigenvalue weighted by molar-refractivity contribution is -0.119. The molecule has 0 fully saturated rings. The van der Waals surface area contributed by atoms with Crippen molar-refractivity contribution < 1.29 is 18.7 Å². The number of hydrogen-bond acceptors (Lipinski definition) is 5. The number of carbonyl (C=O) groups is 2. The van der Waals surface area contributed by atoms with Crippen molar-refractivity contribution >= 4 is 23.1 Å². The Kier molecular flexibility index (Phi) is 6.94. The molecule has 2 atom stereocenters. The number of ketones is 1. The zero-order chi connectivity index (χ0) is 25.1. The molecule has 0 saturated heterocycles. The summed E-state index contributed by atoms with van der Waals surface area (Å²) < 4.78 is 11.2. The summed E-state index contributed by atoms with van der Waals surface area (Å²) in [7, 11) is 1.65. The van der Waals surface area contributed by atoms with Crippen molar-refractivity contribution in [3.05, 3.63) is 89.5 Å². The second kappa shape index (κ2) is 10.4. The molecule has 0 saturated carbocycles. The summed E-state index contributed by atoms with van der Waals surface area (Å²) in [6, 6.07) is 18.8. The first-order valence-corrected chi connectivity index (χ1v) is 12.7. The minimum absolute atomic E-state index is 0.00192. The van der Waals surface area contributed by atoms with Crippen molar-refractivity contribution in [1.29, 1.82) is 0 Å². The van der Waals surface area contributed by atoms with Crippen LogP contribution in [0.3, 0.4) is 0 Å². The standard InChI is InChI=1S/C30H32N2O4/c1-3-4-5-12-28(34)32-25-10-7-6-9-23(25)31-24-18-21(20-13-15-22(35-2)16-14-20)19-26(33)29(24)30(32)27-11-8-17-36-27/h6-11,13-17,21,30-31H,3-5,12,18-19H2,1-2H3/t21-,30-/m1/s1. The molecule has 2 heterocycles. The smallest absolute Gasteiger partial charge is 0.228 e. The van der Waals surface area contributed by atoms with Gasteiger partial charge in [0.05, 0.1) is 24.7 Å². The number of allylic oxidation sites excluding steroid dienone is 1. The van der Waals surface area contributed by atoms with Gasteiger partial charge in [-0.05, 0) is 60.7 Å². The van der Waals surface area contributed by atoms with Crippen LogP contribution in [0.5, 0.6) is 5.75 Å². The SMILES string of the molecule is CCCCCC(=O)N1c2ccccc2NC2=C(C(=O)C[C@H](c3ccc(OC)cc3)C2)[C@H]1c1ccco1. The molecule has 0 radical (unpaired) electrons. The number of ether oxygens (including phenoxy) is 1. The molecule has 0 unspecified atom stereocenters. The normalized spacial score (nSPS) is 19.3. The molecule has 36 heavy (non-hydrogen) atoms. The van der Waals surface area contributed by atoms with Crippen molar-refractivity contribution in [1.82, 2.24) is 0 Å². The molecule has 2 aliphatic rings. The van der Waals surface area contributed by atoms with Crippen molar-refractivity contribution in [3.63, 3.8) is 0 Å². The minimum Gasteiger partial charge on any atom is -0.497 e. The highest BCUT2D eigenvalue weighted by molar-refractivity contribution is 6.06. The number of hydrogen-bond donors (Lipinski definition) is 1. The van der Waals surface area contributed by atoms with Gasteiger partial charge in [0.15, 0.2) is 5.78 Å². The van der Waals surface area contributed by atoms with Gasteiger partial charge in [0.25, 0.3) is 0 Å². The van der Waals surface area contributed by atoms with Gasteiger partial charge >= 0.3 is 0 Å². The number of anilines is 2. The average molecular weight is 485 g/mol. The van der Waals surface area contributed by atoms with Gasteiger partial charge in [-0.15, -0.1) is 0 Å². The van der Waals surface area contributed by atoms with Crippen LogP contribution in [0.4, 0.5) is 11.4 Å². The fourth-order valence-electron chi connectivity index (χ4n) is 5.34. The van der Waals surface area contributed by atoms with E-state index >= 15 is 0 Å². The van der Waals surface area contributed by atoms with Crippen LogP contribution in [0.1, 0.15) is 68.7 Å². The summed E-state index contributed by atoms with van der Waals surface area (Å²) in [5.41, 5.74) is 4.16. The van der Waals surface area contributed by atoms with E-state index in [2.05, 4.69) is 12.2 Å². The van der Waals surface area contributed by atoms with E-state index in [0.29, 0.717) is 30.6 Å². The third kappa shape index (κ3) is 4.55. The molecular weight excluding hydrogens is 452 g/mol. The lowest BCUT2D eigenvalue weighted by atomic mass is 9.79. The number of para-hydroxylation sites is 2. The number of amides is 1. The monoisotopic (exact) mass is 484 g/mol. The number of nitrogens with one attached hydrogen (secondary N) is 1. The molecule has 1 N–H and O–H groups in total. The maximum atomic E-state index is 13.9. The minimum atomic E-state index is -0.607. The third-order valence-corrected chi connectivity index (χ3v) is 7.15. The number of unbranched alkanes of at least 4 members (excludes halogenated alkanes) is 2. The van der Waals surface area contributed by atoms with Crippen LogP contribution in [0, 0.1) is 0 Å². The van der Waals surface area contributed by atoms with E-state index in [4.69, 9.17) is 9.15 Å². The molecule has 1 aliphatic carbocycles. The summed E-state index contributed by atoms with van der Waals surface area (Å²) in [5.74, 6) is 1.45. The summed E-state index contributed by atoms with van der Waals surface area (Å²) in [4.78, 5) is 29.4. The molecular formula is C30H32N2O4. The first-order valence-electron chi connectivity index (χ1n) is 12.7. The van der Waals surface area contributed by atoms with Crippen molar-refractivity contribution in [2.75, 3.05) is 17.3 Å². The molecule has 1 aromatic heterocycles. The van der Waals surface area contributed by atoms with E-state index in [0.717, 1.165) is 47.6 Å². The van der Waals surface area contributed by atoms with E-state index in [1.54, 1.807) is 18.3 Å². The Morgan fingerprint density at radius 3 is 2.58 bits per heavy atom. The molecule has 1 aliphatic heterocycles. The van der Waals surface area contributed by atoms with Crippen molar-refractivity contribution in [3.8, 4) is 5.75 Å². The Hall–Kier alpha value is -3.80. The fourth-order valence-corrected chi connectivity index (χ4v) is 5.34. The number of furan rings is 1. The van der Waals surface area contributed by atoms with Crippen LogP contribution in [-0.4, -0.2) is 18.8 Å². The Morgan fingerprint density at radius 1 is 1.06 bits per heavy atom. The second-order valence-electron chi connectivity index (χ2n) is 9.47. The topological polar surface area (TPSA) is 71.8 Å². The number of rotatable bonds is 7. The van der Waals surface area contributed by atoms with E-state index in [1.807, 2.05) is 60.7 Å². The lowest BCUT2D eigenvalue weighted by Crippen LogP contribution is -2.38. The van der Waals surface area contributed by atoms with Gasteiger partial charge in [0.2, 0.25) is 5.91 Å². The average Bonchev–Trinajstić information content (AvgIpc) is 3.38. The van der Waals surface area contributed by atoms with E-state index < -0.39 is 6.04 Å². The third-order valence-electron chi connectivity index (χ3n) is 7.15. The fraction of sp³-hybridized carbons (Fsp3) is 0.333. The van der Waals surface area contributed by atoms with Crippen LogP contribution < -0.4 is 15.0 Å². The summed E-state index contributed by atoms with van der Waals surface area (Å²) >= 11 is 0. The Bertz CT molecular complexity index is 1260. The van der Waals surface area contributed by atoms with Crippen molar-refractivity contribution in [2.45, 2.75) is 57.4 Å². The molecule has 3 aromatic rings. The van der Waals surface area contributed by atoms with Crippen LogP contribution in [0.2, 0.25) is 0 Å². The highest BCUT2D eigenvalue weighted by Crippen LogP contribution is 2.47. The molecule has 2 aromatic carbocycles. The van der Waals surface area contributed by atoms with E-state index in [-0.39, 0.29) is 17.6 Å². The Labute approximate surface area is 211 Å². The van der Waals surface area contributed by atoms with Crippen LogP contribution >= 0.6 is 0 Å². The number of nitrogens with zero attached hydrogens (tertiary/aromatic N) is 1. The van der Waals surface area contributed by atoms with Gasteiger partial charge in [0, 0.05) is 24.1 Å². The molecule has 6 nitrogen and oxygen atoms in total. The highest BCUT2D eigenvalue weighted by Gasteiger charge is 2.42. The first-order chi connectivity index (χ1) is 17.6. The quantitative estimate of drug-likeness (QED) is 0.375. The van der Waals surface area contributed by atoms with Gasteiger partial charge in [-0.1, -0.05) is 44.0 Å². The summed E-state index contributed by atoms with van der Waals surface area (Å²) in [6.07, 6.45) is 5.90. The Balaban J connectivity index is 1.60. The van der Waals surface area contributed by atoms with Gasteiger partial charge < -0.3 is 14.5 Å². The number of carbonyl (C=O) groups excluding carboxylic acids is 2. The largest absolute Gasteiger partial charge is 0.497 e. The molecule has 0 spiro atoms. The van der Waals surface area contributed by atoms with Gasteiger partial charge in [0.1, 0.15) is 17.6 Å². The van der Waals surface area contributed by atoms with Gasteiger partial charge in [-0.25, -0.2) is 0 Å². The highest BCUT2D eigenvalue weighted by atomic mass is 16.5. The Morgan fingerprint density at radius 2 is 1.86 bits per heavy atom. The van der Waals surface area contributed by atoms with E-state index in [9.17, 15) is 9.59 Å². The summed E-state index contributed by atoms with van der Waals surface area (Å²) in [5, 5.41) is 3.56. The molecule has 0 bridgehead atoms. The van der Waals surface area contributed by atoms with Gasteiger partial charge in [-0.3, -0.25) is 14.5 Å². The summed E-state index contributed by atoms with van der Waals surface area (Å²) in [6.45, 7) is 2.12. The lowest BCUT2D eigenvalue weighted by Gasteiger charge is -2.33. The number of fused-ring (bicyclic) bond motifs is 1. The van der Waals surface area contributed by atoms with Crippen LogP contribution in [-0.2, 0) is 9.59 Å². The molecule has 1 amide bonds. The zero-order valence-corrected chi connectivity index (χ0v) is 20.8. The predicted octanol–water partition coefficient (Wildman–Crippen LogP) is 6.77. The molecule has 5 rings (SSSR count). The van der Waals surface area contributed by atoms with Crippen molar-refractivity contribution in [2.24, 2.45) is 0 Å². The number of methoxy groups -OCH3 is 1. The first kappa shape index (κ1) is 23.9. The number of Topliss-reactive ketones (excluding diaryl/α,β-unsaturated/α-hetero) is 1. The predicted molar refractivity (Wildman–Crippen MR) is 140 cm³/mol. The second-order valence-corrected chi connectivity index (χ2v) is 9.47. The van der Waals surface area contributed by atoms with Crippen LogP contribution in [0.25, 0.3) is 0 Å².